The fourth-order valence-corrected chi connectivity index (χ4v) is 1.86. The summed E-state index contributed by atoms with van der Waals surface area (Å²) in [6.45, 7) is 3.61. The van der Waals surface area contributed by atoms with Gasteiger partial charge in [0.15, 0.2) is 0 Å². The van der Waals surface area contributed by atoms with Gasteiger partial charge in [-0.3, -0.25) is 4.79 Å². The molecule has 2 aromatic rings. The number of nitrogens with one attached hydrogen (secondary N) is 1. The molecule has 2 aromatic carbocycles. The number of aromatic hydroxyl groups is 1. The van der Waals surface area contributed by atoms with Crippen LogP contribution in [0.4, 0.5) is 5.69 Å². The van der Waals surface area contributed by atoms with E-state index in [0.29, 0.717) is 16.3 Å². The molecule has 1 amide bonds. The zero-order valence-electron chi connectivity index (χ0n) is 10.7. The van der Waals surface area contributed by atoms with E-state index in [4.69, 9.17) is 11.6 Å². The van der Waals surface area contributed by atoms with Crippen molar-refractivity contribution in [1.29, 1.82) is 0 Å². The van der Waals surface area contributed by atoms with Gasteiger partial charge in [0.25, 0.3) is 5.91 Å². The number of anilines is 1. The fourth-order valence-electron chi connectivity index (χ4n) is 1.69. The number of carbonyl (C=O) groups is 1. The van der Waals surface area contributed by atoms with Gasteiger partial charge in [0.2, 0.25) is 0 Å². The summed E-state index contributed by atoms with van der Waals surface area (Å²) in [7, 11) is 0. The fraction of sp³-hybridized carbons (Fsp3) is 0.133. The molecule has 19 heavy (non-hydrogen) atoms. The maximum absolute atomic E-state index is 12.1. The van der Waals surface area contributed by atoms with E-state index in [1.165, 1.54) is 6.07 Å². The predicted molar refractivity (Wildman–Crippen MR) is 77.0 cm³/mol. The van der Waals surface area contributed by atoms with Crippen LogP contribution in [0.25, 0.3) is 0 Å². The summed E-state index contributed by atoms with van der Waals surface area (Å²) < 4.78 is 0. The Morgan fingerprint density at radius 2 is 1.95 bits per heavy atom. The molecule has 0 bridgehead atoms. The summed E-state index contributed by atoms with van der Waals surface area (Å²) >= 11 is 6.00. The second-order valence-electron chi connectivity index (χ2n) is 4.37. The van der Waals surface area contributed by atoms with Crippen LogP contribution in [0.2, 0.25) is 5.02 Å². The van der Waals surface area contributed by atoms with E-state index >= 15 is 0 Å². The number of benzene rings is 2. The van der Waals surface area contributed by atoms with Gasteiger partial charge in [-0.1, -0.05) is 23.7 Å². The number of phenols is 1. The zero-order chi connectivity index (χ0) is 14.0. The number of rotatable bonds is 2. The first-order chi connectivity index (χ1) is 8.99. The van der Waals surface area contributed by atoms with E-state index in [1.54, 1.807) is 37.3 Å². The van der Waals surface area contributed by atoms with Gasteiger partial charge in [-0.25, -0.2) is 0 Å². The van der Waals surface area contributed by atoms with Crippen molar-refractivity contribution in [2.75, 3.05) is 5.32 Å². The molecule has 0 aliphatic rings. The lowest BCUT2D eigenvalue weighted by molar-refractivity contribution is 0.102. The Hall–Kier alpha value is -2.00. The smallest absolute Gasteiger partial charge is 0.255 e. The monoisotopic (exact) mass is 275 g/mol. The summed E-state index contributed by atoms with van der Waals surface area (Å²) in [6, 6.07) is 10.2. The van der Waals surface area contributed by atoms with Crippen molar-refractivity contribution >= 4 is 23.2 Å². The Morgan fingerprint density at radius 3 is 2.63 bits per heavy atom. The summed E-state index contributed by atoms with van der Waals surface area (Å²) in [5.41, 5.74) is 2.62. The second kappa shape index (κ2) is 5.33. The van der Waals surface area contributed by atoms with Crippen molar-refractivity contribution < 1.29 is 9.90 Å². The van der Waals surface area contributed by atoms with Gasteiger partial charge < -0.3 is 10.4 Å². The molecule has 2 N–H and O–H groups in total. The molecule has 2 rings (SSSR count). The molecule has 4 heteroatoms. The molecule has 0 atom stereocenters. The van der Waals surface area contributed by atoms with E-state index in [1.807, 2.05) is 6.92 Å². The third kappa shape index (κ3) is 2.88. The third-order valence-corrected chi connectivity index (χ3v) is 3.40. The Balaban J connectivity index is 2.26. The van der Waals surface area contributed by atoms with Crippen LogP contribution >= 0.6 is 11.6 Å². The first-order valence-corrected chi connectivity index (χ1v) is 6.23. The van der Waals surface area contributed by atoms with Gasteiger partial charge in [-0.05, 0) is 49.2 Å². The van der Waals surface area contributed by atoms with Crippen LogP contribution in [0.3, 0.4) is 0 Å². The van der Waals surface area contributed by atoms with Gasteiger partial charge in [-0.15, -0.1) is 0 Å². The lowest BCUT2D eigenvalue weighted by Crippen LogP contribution is -2.12. The van der Waals surface area contributed by atoms with Crippen LogP contribution in [-0.4, -0.2) is 11.0 Å². The number of hydrogen-bond donors (Lipinski definition) is 2. The first kappa shape index (κ1) is 13.4. The van der Waals surface area contributed by atoms with Crippen molar-refractivity contribution in [3.63, 3.8) is 0 Å². The van der Waals surface area contributed by atoms with Crippen LogP contribution in [0.15, 0.2) is 36.4 Å². The average molecular weight is 276 g/mol. The lowest BCUT2D eigenvalue weighted by Gasteiger charge is -2.10. The average Bonchev–Trinajstić information content (AvgIpc) is 2.38. The van der Waals surface area contributed by atoms with Crippen LogP contribution in [0.5, 0.6) is 5.75 Å². The zero-order valence-corrected chi connectivity index (χ0v) is 11.5. The van der Waals surface area contributed by atoms with E-state index in [-0.39, 0.29) is 11.7 Å². The molecular formula is C15H14ClNO2. The maximum Gasteiger partial charge on any atom is 0.255 e. The van der Waals surface area contributed by atoms with E-state index in [2.05, 4.69) is 5.32 Å². The minimum Gasteiger partial charge on any atom is -0.508 e. The molecule has 3 nitrogen and oxygen atoms in total. The highest BCUT2D eigenvalue weighted by Crippen LogP contribution is 2.24. The molecule has 0 aliphatic carbocycles. The number of aryl methyl sites for hydroxylation is 1. The van der Waals surface area contributed by atoms with E-state index < -0.39 is 0 Å². The van der Waals surface area contributed by atoms with E-state index in [9.17, 15) is 9.90 Å². The third-order valence-electron chi connectivity index (χ3n) is 2.99. The predicted octanol–water partition coefficient (Wildman–Crippen LogP) is 3.91. The van der Waals surface area contributed by atoms with E-state index in [0.717, 1.165) is 11.1 Å². The van der Waals surface area contributed by atoms with Crippen molar-refractivity contribution in [1.82, 2.24) is 0 Å². The number of carbonyl (C=O) groups excluding carboxylic acids is 1. The van der Waals surface area contributed by atoms with Crippen molar-refractivity contribution in [2.24, 2.45) is 0 Å². The lowest BCUT2D eigenvalue weighted by atomic mass is 10.1. The highest BCUT2D eigenvalue weighted by molar-refractivity contribution is 6.31. The topological polar surface area (TPSA) is 49.3 Å². The Kier molecular flexibility index (Phi) is 3.76. The maximum atomic E-state index is 12.1. The molecule has 0 spiro atoms. The van der Waals surface area contributed by atoms with Crippen molar-refractivity contribution in [3.05, 3.63) is 58.1 Å². The van der Waals surface area contributed by atoms with Crippen molar-refractivity contribution in [3.8, 4) is 5.75 Å². The molecule has 0 unspecified atom stereocenters. The first-order valence-electron chi connectivity index (χ1n) is 5.85. The standard InChI is InChI=1S/C15H14ClNO2/c1-9-6-7-11(8-14(9)18)15(19)17-13-5-3-4-12(16)10(13)2/h3-8,18H,1-2H3,(H,17,19). The molecule has 0 heterocycles. The molecule has 98 valence electrons. The molecule has 0 saturated carbocycles. The number of amides is 1. The summed E-state index contributed by atoms with van der Waals surface area (Å²) in [5, 5.41) is 13.0. The van der Waals surface area contributed by atoms with Gasteiger partial charge in [0.05, 0.1) is 0 Å². The normalized spacial score (nSPS) is 10.3. The Bertz CT molecular complexity index is 638. The van der Waals surface area contributed by atoms with Crippen LogP contribution in [0.1, 0.15) is 21.5 Å². The largest absolute Gasteiger partial charge is 0.508 e. The van der Waals surface area contributed by atoms with Gasteiger partial charge >= 0.3 is 0 Å². The quantitative estimate of drug-likeness (QED) is 0.873. The molecule has 0 radical (unpaired) electrons. The Morgan fingerprint density at radius 1 is 1.21 bits per heavy atom. The van der Waals surface area contributed by atoms with Gasteiger partial charge in [-0.2, -0.15) is 0 Å². The van der Waals surface area contributed by atoms with Crippen molar-refractivity contribution in [2.45, 2.75) is 13.8 Å². The second-order valence-corrected chi connectivity index (χ2v) is 4.77. The summed E-state index contributed by atoms with van der Waals surface area (Å²) in [4.78, 5) is 12.1. The minimum absolute atomic E-state index is 0.107. The number of hydrogen-bond acceptors (Lipinski definition) is 2. The summed E-state index contributed by atoms with van der Waals surface area (Å²) in [6.07, 6.45) is 0. The number of phenolic OH excluding ortho intramolecular Hbond substituents is 1. The highest BCUT2D eigenvalue weighted by atomic mass is 35.5. The SMILES string of the molecule is Cc1ccc(C(=O)Nc2cccc(Cl)c2C)cc1O. The van der Waals surface area contributed by atoms with Crippen LogP contribution < -0.4 is 5.32 Å². The molecule has 0 saturated heterocycles. The molecular weight excluding hydrogens is 262 g/mol. The number of halogens is 1. The highest BCUT2D eigenvalue weighted by Gasteiger charge is 2.10. The molecule has 0 aromatic heterocycles. The molecule has 0 fully saturated rings. The van der Waals surface area contributed by atoms with Gasteiger partial charge in [0.1, 0.15) is 5.75 Å². The Labute approximate surface area is 116 Å². The van der Waals surface area contributed by atoms with Gasteiger partial charge in [0, 0.05) is 16.3 Å². The minimum atomic E-state index is -0.277. The van der Waals surface area contributed by atoms with Crippen LogP contribution in [0, 0.1) is 13.8 Å². The van der Waals surface area contributed by atoms with Crippen LogP contribution in [-0.2, 0) is 0 Å². The summed E-state index contributed by atoms with van der Waals surface area (Å²) in [5.74, 6) is -0.170. The molecule has 0 aliphatic heterocycles.